The fourth-order valence-corrected chi connectivity index (χ4v) is 6.00. The Kier molecular flexibility index (Phi) is 9.52. The van der Waals surface area contributed by atoms with E-state index in [0.29, 0.717) is 31.1 Å². The number of hydrogen-bond acceptors (Lipinski definition) is 4. The highest BCUT2D eigenvalue weighted by molar-refractivity contribution is 5.89. The van der Waals surface area contributed by atoms with Crippen LogP contribution in [0.25, 0.3) is 0 Å². The molecule has 1 aromatic carbocycles. The number of nitrogens with one attached hydrogen (secondary N) is 2. The molecule has 208 valence electrons. The zero-order valence-electron chi connectivity index (χ0n) is 22.4. The third-order valence-electron chi connectivity index (χ3n) is 8.57. The Morgan fingerprint density at radius 3 is 2.45 bits per heavy atom. The quantitative estimate of drug-likeness (QED) is 0.304. The van der Waals surface area contributed by atoms with Crippen LogP contribution in [0, 0.1) is 17.6 Å². The van der Waals surface area contributed by atoms with Gasteiger partial charge in [0.05, 0.1) is 17.8 Å². The number of carbonyl (C=O) groups excluding carboxylic acids is 2. The van der Waals surface area contributed by atoms with Crippen molar-refractivity contribution >= 4 is 17.6 Å². The molecule has 7 nitrogen and oxygen atoms in total. The van der Waals surface area contributed by atoms with Gasteiger partial charge in [0.1, 0.15) is 11.6 Å². The van der Waals surface area contributed by atoms with Gasteiger partial charge < -0.3 is 20.9 Å². The number of halogens is 2. The number of primary amides is 1. The van der Waals surface area contributed by atoms with Gasteiger partial charge >= 0.3 is 0 Å². The molecule has 2 aliphatic rings. The zero-order valence-corrected chi connectivity index (χ0v) is 22.4. The lowest BCUT2D eigenvalue weighted by Gasteiger charge is -2.44. The molecule has 4 N–H and O–H groups in total. The molecule has 1 heterocycles. The number of anilines is 1. The molecule has 0 bridgehead atoms. The summed E-state index contributed by atoms with van der Waals surface area (Å²) in [6, 6.07) is 3.52. The molecular formula is C29H41F2N5O2. The van der Waals surface area contributed by atoms with Gasteiger partial charge in [0.15, 0.2) is 5.82 Å². The Bertz CT molecular complexity index is 1070. The zero-order chi connectivity index (χ0) is 27.1. The van der Waals surface area contributed by atoms with E-state index in [4.69, 9.17) is 5.73 Å². The van der Waals surface area contributed by atoms with Crippen molar-refractivity contribution in [3.63, 3.8) is 0 Å². The van der Waals surface area contributed by atoms with E-state index >= 15 is 0 Å². The maximum absolute atomic E-state index is 13.6. The summed E-state index contributed by atoms with van der Waals surface area (Å²) in [5.41, 5.74) is 5.70. The monoisotopic (exact) mass is 529 g/mol. The highest BCUT2D eigenvalue weighted by Gasteiger charge is 2.39. The van der Waals surface area contributed by atoms with Crippen LogP contribution in [0.5, 0.6) is 0 Å². The molecule has 2 saturated carbocycles. The van der Waals surface area contributed by atoms with Crippen molar-refractivity contribution in [1.82, 2.24) is 14.9 Å². The number of aromatic nitrogens is 2. The Labute approximate surface area is 224 Å². The predicted molar refractivity (Wildman–Crippen MR) is 143 cm³/mol. The molecule has 4 rings (SSSR count). The highest BCUT2D eigenvalue weighted by Crippen LogP contribution is 2.39. The molecule has 0 radical (unpaired) electrons. The van der Waals surface area contributed by atoms with Crippen molar-refractivity contribution in [1.29, 1.82) is 0 Å². The topological polar surface area (TPSA) is 102 Å². The van der Waals surface area contributed by atoms with Gasteiger partial charge in [-0.15, -0.1) is 0 Å². The van der Waals surface area contributed by atoms with E-state index in [-0.39, 0.29) is 23.4 Å². The Hall–Kier alpha value is -2.81. The minimum atomic E-state index is -0.799. The van der Waals surface area contributed by atoms with Crippen LogP contribution in [-0.2, 0) is 15.1 Å². The summed E-state index contributed by atoms with van der Waals surface area (Å²) < 4.78 is 29.3. The van der Waals surface area contributed by atoms with E-state index in [9.17, 15) is 18.4 Å². The molecule has 38 heavy (non-hydrogen) atoms. The van der Waals surface area contributed by atoms with Gasteiger partial charge in [-0.1, -0.05) is 25.7 Å². The van der Waals surface area contributed by atoms with E-state index < -0.39 is 23.5 Å². The molecule has 2 amide bonds. The van der Waals surface area contributed by atoms with Crippen molar-refractivity contribution in [3.8, 4) is 0 Å². The van der Waals surface area contributed by atoms with Crippen LogP contribution in [0.15, 0.2) is 30.7 Å². The van der Waals surface area contributed by atoms with E-state index in [0.717, 1.165) is 43.5 Å². The van der Waals surface area contributed by atoms with Gasteiger partial charge in [-0.05, 0) is 75.5 Å². The van der Waals surface area contributed by atoms with Crippen molar-refractivity contribution in [3.05, 3.63) is 47.9 Å². The first-order valence-electron chi connectivity index (χ1n) is 14.1. The van der Waals surface area contributed by atoms with Crippen LogP contribution in [0.2, 0.25) is 0 Å². The van der Waals surface area contributed by atoms with Gasteiger partial charge in [0.25, 0.3) is 0 Å². The van der Waals surface area contributed by atoms with E-state index in [1.807, 2.05) is 12.5 Å². The lowest BCUT2D eigenvalue weighted by molar-refractivity contribution is -0.119. The minimum Gasteiger partial charge on any atom is -0.369 e. The molecule has 2 atom stereocenters. The average Bonchev–Trinajstić information content (AvgIpc) is 3.31. The summed E-state index contributed by atoms with van der Waals surface area (Å²) in [5.74, 6) is -1.80. The Morgan fingerprint density at radius 2 is 1.82 bits per heavy atom. The van der Waals surface area contributed by atoms with Crippen LogP contribution in [0.3, 0.4) is 0 Å². The van der Waals surface area contributed by atoms with Crippen LogP contribution < -0.4 is 16.4 Å². The molecule has 2 aliphatic carbocycles. The number of benzene rings is 1. The Morgan fingerprint density at radius 1 is 1.11 bits per heavy atom. The standard InChI is InChI=1S/C29H41F2N5O2/c1-20(21-8-3-2-4-9-21)33-18-29(12-7-13-29)36-17-26(34-19-36)35-27(37)11-6-5-10-25(28(32)38)22-14-23(30)16-24(31)15-22/h14-17,19-21,25,33H,2-13,18H2,1H3,(H2,32,38)(H,35,37)/t20-,25+/m1/s1. The molecular weight excluding hydrogens is 488 g/mol. The fraction of sp³-hybridized carbons (Fsp3) is 0.621. The third kappa shape index (κ3) is 7.18. The minimum absolute atomic E-state index is 0.0130. The van der Waals surface area contributed by atoms with Gasteiger partial charge in [-0.2, -0.15) is 0 Å². The number of nitrogens with two attached hydrogens (primary N) is 1. The van der Waals surface area contributed by atoms with Crippen LogP contribution in [-0.4, -0.2) is 34.0 Å². The van der Waals surface area contributed by atoms with Gasteiger partial charge in [0, 0.05) is 31.3 Å². The second-order valence-electron chi connectivity index (χ2n) is 11.3. The number of carbonyl (C=O) groups is 2. The molecule has 1 aromatic heterocycles. The van der Waals surface area contributed by atoms with Crippen LogP contribution >= 0.6 is 0 Å². The second-order valence-corrected chi connectivity index (χ2v) is 11.3. The van der Waals surface area contributed by atoms with Gasteiger partial charge in [0.2, 0.25) is 11.8 Å². The second kappa shape index (κ2) is 12.8. The maximum atomic E-state index is 13.6. The lowest BCUT2D eigenvalue weighted by atomic mass is 9.75. The molecule has 0 saturated heterocycles. The largest absolute Gasteiger partial charge is 0.369 e. The first-order chi connectivity index (χ1) is 18.3. The summed E-state index contributed by atoms with van der Waals surface area (Å²) >= 11 is 0. The summed E-state index contributed by atoms with van der Waals surface area (Å²) in [5, 5.41) is 6.68. The molecule has 2 aromatic rings. The van der Waals surface area contributed by atoms with E-state index in [1.165, 1.54) is 38.5 Å². The van der Waals surface area contributed by atoms with Gasteiger partial charge in [-0.25, -0.2) is 13.8 Å². The molecule has 0 aliphatic heterocycles. The first kappa shape index (κ1) is 28.2. The summed E-state index contributed by atoms with van der Waals surface area (Å²) in [7, 11) is 0. The number of imidazole rings is 1. The summed E-state index contributed by atoms with van der Waals surface area (Å²) in [4.78, 5) is 28.8. The number of unbranched alkanes of at least 4 members (excludes halogenated alkanes) is 1. The third-order valence-corrected chi connectivity index (χ3v) is 8.57. The summed E-state index contributed by atoms with van der Waals surface area (Å²) in [6.07, 6.45) is 15.4. The van der Waals surface area contributed by atoms with Crippen LogP contribution in [0.1, 0.15) is 95.5 Å². The Balaban J connectivity index is 1.23. The van der Waals surface area contributed by atoms with E-state index in [2.05, 4.69) is 27.1 Å². The number of amides is 2. The maximum Gasteiger partial charge on any atom is 0.225 e. The van der Waals surface area contributed by atoms with E-state index in [1.54, 1.807) is 0 Å². The summed E-state index contributed by atoms with van der Waals surface area (Å²) in [6.45, 7) is 3.22. The first-order valence-corrected chi connectivity index (χ1v) is 14.1. The molecule has 0 spiro atoms. The van der Waals surface area contributed by atoms with Crippen molar-refractivity contribution in [2.24, 2.45) is 11.7 Å². The normalized spacial score (nSPS) is 18.9. The van der Waals surface area contributed by atoms with Crippen molar-refractivity contribution in [2.45, 2.75) is 101 Å². The van der Waals surface area contributed by atoms with Crippen molar-refractivity contribution in [2.75, 3.05) is 11.9 Å². The average molecular weight is 530 g/mol. The number of hydrogen-bond donors (Lipinski definition) is 3. The van der Waals surface area contributed by atoms with Gasteiger partial charge in [-0.3, -0.25) is 9.59 Å². The molecule has 2 fully saturated rings. The highest BCUT2D eigenvalue weighted by atomic mass is 19.1. The number of rotatable bonds is 13. The molecule has 9 heteroatoms. The predicted octanol–water partition coefficient (Wildman–Crippen LogP) is 5.37. The van der Waals surface area contributed by atoms with Crippen molar-refractivity contribution < 1.29 is 18.4 Å². The van der Waals surface area contributed by atoms with Crippen LogP contribution in [0.4, 0.5) is 14.6 Å². The molecule has 0 unspecified atom stereocenters. The number of nitrogens with zero attached hydrogens (tertiary/aromatic N) is 2. The SMILES string of the molecule is C[C@@H](NCC1(n2cnc(NC(=O)CCCC[C@H](C(N)=O)c3cc(F)cc(F)c3)c2)CCC1)C1CCCCC1. The lowest BCUT2D eigenvalue weighted by Crippen LogP contribution is -2.51. The smallest absolute Gasteiger partial charge is 0.225 e. The fourth-order valence-electron chi connectivity index (χ4n) is 6.00.